The standard InChI is InChI=1S/C17H20N4/c1-2-18-12-17-9-6-10-20(17)13-15-11-19-21(14-15)16-7-4-3-5-8-16/h3-11,14,18H,2,12-13H2,1H3. The molecular weight excluding hydrogens is 260 g/mol. The van der Waals surface area contributed by atoms with Crippen molar-refractivity contribution in [3.63, 3.8) is 0 Å². The highest BCUT2D eigenvalue weighted by Gasteiger charge is 2.04. The molecule has 0 atom stereocenters. The van der Waals surface area contributed by atoms with Crippen molar-refractivity contribution in [2.75, 3.05) is 6.54 Å². The predicted octanol–water partition coefficient (Wildman–Crippen LogP) is 2.83. The van der Waals surface area contributed by atoms with Crippen molar-refractivity contribution in [2.24, 2.45) is 0 Å². The minimum absolute atomic E-state index is 0.848. The van der Waals surface area contributed by atoms with Gasteiger partial charge in [0.1, 0.15) is 0 Å². The Morgan fingerprint density at radius 3 is 2.76 bits per heavy atom. The second kappa shape index (κ2) is 6.41. The van der Waals surface area contributed by atoms with E-state index in [4.69, 9.17) is 0 Å². The highest BCUT2D eigenvalue weighted by molar-refractivity contribution is 5.31. The van der Waals surface area contributed by atoms with Gasteiger partial charge in [-0.2, -0.15) is 5.10 Å². The number of nitrogens with zero attached hydrogens (tertiary/aromatic N) is 3. The SMILES string of the molecule is CCNCc1cccn1Cc1cnn(-c2ccccc2)c1. The zero-order valence-corrected chi connectivity index (χ0v) is 12.2. The zero-order chi connectivity index (χ0) is 14.5. The third-order valence-corrected chi connectivity index (χ3v) is 3.49. The molecule has 4 heteroatoms. The Bertz CT molecular complexity index is 682. The van der Waals surface area contributed by atoms with Gasteiger partial charge in [-0.1, -0.05) is 25.1 Å². The van der Waals surface area contributed by atoms with E-state index in [2.05, 4.69) is 58.6 Å². The van der Waals surface area contributed by atoms with Crippen LogP contribution in [0.5, 0.6) is 0 Å². The number of hydrogen-bond donors (Lipinski definition) is 1. The van der Waals surface area contributed by atoms with Crippen molar-refractivity contribution in [1.29, 1.82) is 0 Å². The fraction of sp³-hybridized carbons (Fsp3) is 0.235. The third-order valence-electron chi connectivity index (χ3n) is 3.49. The first kappa shape index (κ1) is 13.6. The average Bonchev–Trinajstić information content (AvgIpc) is 3.16. The Morgan fingerprint density at radius 2 is 1.95 bits per heavy atom. The maximum atomic E-state index is 4.45. The molecule has 3 rings (SSSR count). The van der Waals surface area contributed by atoms with E-state index in [0.29, 0.717) is 0 Å². The highest BCUT2D eigenvalue weighted by Crippen LogP contribution is 2.11. The number of nitrogens with one attached hydrogen (secondary N) is 1. The molecule has 0 bridgehead atoms. The van der Waals surface area contributed by atoms with Gasteiger partial charge < -0.3 is 9.88 Å². The summed E-state index contributed by atoms with van der Waals surface area (Å²) < 4.78 is 4.18. The Labute approximate surface area is 125 Å². The number of benzene rings is 1. The first-order valence-corrected chi connectivity index (χ1v) is 7.30. The van der Waals surface area contributed by atoms with Crippen LogP contribution in [0.3, 0.4) is 0 Å². The number of hydrogen-bond acceptors (Lipinski definition) is 2. The first-order valence-electron chi connectivity index (χ1n) is 7.30. The van der Waals surface area contributed by atoms with Crippen LogP contribution in [-0.4, -0.2) is 20.9 Å². The van der Waals surface area contributed by atoms with E-state index >= 15 is 0 Å². The van der Waals surface area contributed by atoms with Crippen LogP contribution in [0.4, 0.5) is 0 Å². The molecule has 0 unspecified atom stereocenters. The lowest BCUT2D eigenvalue weighted by molar-refractivity contribution is 0.657. The van der Waals surface area contributed by atoms with Crippen LogP contribution in [0, 0.1) is 0 Å². The van der Waals surface area contributed by atoms with Crippen LogP contribution in [-0.2, 0) is 13.1 Å². The molecule has 1 aromatic carbocycles. The largest absolute Gasteiger partial charge is 0.346 e. The van der Waals surface area contributed by atoms with Gasteiger partial charge in [-0.25, -0.2) is 4.68 Å². The van der Waals surface area contributed by atoms with Gasteiger partial charge >= 0.3 is 0 Å². The normalized spacial score (nSPS) is 10.9. The van der Waals surface area contributed by atoms with E-state index in [0.717, 1.165) is 25.3 Å². The van der Waals surface area contributed by atoms with E-state index in [1.54, 1.807) is 0 Å². The molecule has 21 heavy (non-hydrogen) atoms. The Balaban J connectivity index is 1.74. The molecular formula is C17H20N4. The molecule has 3 aromatic rings. The summed E-state index contributed by atoms with van der Waals surface area (Å²) >= 11 is 0. The van der Waals surface area contributed by atoms with Crippen molar-refractivity contribution < 1.29 is 0 Å². The first-order chi connectivity index (χ1) is 10.4. The van der Waals surface area contributed by atoms with Gasteiger partial charge in [-0.15, -0.1) is 0 Å². The van der Waals surface area contributed by atoms with E-state index < -0.39 is 0 Å². The summed E-state index contributed by atoms with van der Waals surface area (Å²) in [7, 11) is 0. The van der Waals surface area contributed by atoms with Crippen LogP contribution in [0.15, 0.2) is 61.1 Å². The molecule has 2 aromatic heterocycles. The van der Waals surface area contributed by atoms with Gasteiger partial charge in [0, 0.05) is 30.2 Å². The van der Waals surface area contributed by atoms with Crippen LogP contribution in [0.25, 0.3) is 5.69 Å². The lowest BCUT2D eigenvalue weighted by Crippen LogP contribution is -2.15. The number of rotatable bonds is 6. The van der Waals surface area contributed by atoms with Gasteiger partial charge in [0.2, 0.25) is 0 Å². The fourth-order valence-corrected chi connectivity index (χ4v) is 2.38. The second-order valence-corrected chi connectivity index (χ2v) is 5.04. The van der Waals surface area contributed by atoms with Gasteiger partial charge in [0.15, 0.2) is 0 Å². The topological polar surface area (TPSA) is 34.8 Å². The Kier molecular flexibility index (Phi) is 4.17. The summed E-state index contributed by atoms with van der Waals surface area (Å²) in [5, 5.41) is 7.81. The summed E-state index contributed by atoms with van der Waals surface area (Å²) in [5.74, 6) is 0. The molecule has 0 saturated carbocycles. The summed E-state index contributed by atoms with van der Waals surface area (Å²) in [6, 6.07) is 14.4. The van der Waals surface area contributed by atoms with Crippen molar-refractivity contribution >= 4 is 0 Å². The predicted molar refractivity (Wildman–Crippen MR) is 84.5 cm³/mol. The smallest absolute Gasteiger partial charge is 0.0645 e. The molecule has 1 N–H and O–H groups in total. The van der Waals surface area contributed by atoms with Crippen LogP contribution >= 0.6 is 0 Å². The summed E-state index contributed by atoms with van der Waals surface area (Å²) in [6.45, 7) is 4.85. The minimum Gasteiger partial charge on any atom is -0.346 e. The molecule has 0 amide bonds. The van der Waals surface area contributed by atoms with Crippen molar-refractivity contribution in [3.05, 3.63) is 72.3 Å². The molecule has 0 radical (unpaired) electrons. The van der Waals surface area contributed by atoms with Crippen LogP contribution < -0.4 is 5.32 Å². The molecule has 0 saturated heterocycles. The molecule has 0 spiro atoms. The second-order valence-electron chi connectivity index (χ2n) is 5.04. The Hall–Kier alpha value is -2.33. The quantitative estimate of drug-likeness (QED) is 0.753. The van der Waals surface area contributed by atoms with Gasteiger partial charge in [0.25, 0.3) is 0 Å². The molecule has 2 heterocycles. The third kappa shape index (κ3) is 3.23. The lowest BCUT2D eigenvalue weighted by Gasteiger charge is -2.08. The van der Waals surface area contributed by atoms with Gasteiger partial charge in [-0.05, 0) is 30.8 Å². The maximum Gasteiger partial charge on any atom is 0.0645 e. The monoisotopic (exact) mass is 280 g/mol. The van der Waals surface area contributed by atoms with E-state index in [9.17, 15) is 0 Å². The number of para-hydroxylation sites is 1. The van der Waals surface area contributed by atoms with Crippen molar-refractivity contribution in [2.45, 2.75) is 20.0 Å². The lowest BCUT2D eigenvalue weighted by atomic mass is 10.3. The summed E-state index contributed by atoms with van der Waals surface area (Å²) in [5.41, 5.74) is 3.58. The van der Waals surface area contributed by atoms with E-state index in [1.165, 1.54) is 11.3 Å². The molecule has 0 aliphatic carbocycles. The van der Waals surface area contributed by atoms with E-state index in [-0.39, 0.29) is 0 Å². The molecule has 108 valence electrons. The maximum absolute atomic E-state index is 4.45. The van der Waals surface area contributed by atoms with Gasteiger partial charge in [0.05, 0.1) is 18.4 Å². The molecule has 0 aliphatic heterocycles. The molecule has 0 fully saturated rings. The fourth-order valence-electron chi connectivity index (χ4n) is 2.38. The Morgan fingerprint density at radius 1 is 1.10 bits per heavy atom. The zero-order valence-electron chi connectivity index (χ0n) is 12.2. The van der Waals surface area contributed by atoms with Crippen LogP contribution in [0.1, 0.15) is 18.2 Å². The van der Waals surface area contributed by atoms with Crippen molar-refractivity contribution in [1.82, 2.24) is 19.7 Å². The minimum atomic E-state index is 0.848. The summed E-state index contributed by atoms with van der Waals surface area (Å²) in [6.07, 6.45) is 6.14. The highest BCUT2D eigenvalue weighted by atomic mass is 15.3. The van der Waals surface area contributed by atoms with Gasteiger partial charge in [-0.3, -0.25) is 0 Å². The molecule has 4 nitrogen and oxygen atoms in total. The molecule has 0 aliphatic rings. The van der Waals surface area contributed by atoms with Crippen LogP contribution in [0.2, 0.25) is 0 Å². The average molecular weight is 280 g/mol. The number of aromatic nitrogens is 3. The van der Waals surface area contributed by atoms with Crippen molar-refractivity contribution in [3.8, 4) is 5.69 Å². The summed E-state index contributed by atoms with van der Waals surface area (Å²) in [4.78, 5) is 0. The van der Waals surface area contributed by atoms with E-state index in [1.807, 2.05) is 29.1 Å².